The molecule has 2 aromatic rings. The smallest absolute Gasteiger partial charge is 0.289 e. The molecule has 0 saturated heterocycles. The van der Waals surface area contributed by atoms with E-state index in [0.29, 0.717) is 10.6 Å². The number of nitrogens with one attached hydrogen (secondary N) is 1. The molecule has 0 amide bonds. The van der Waals surface area contributed by atoms with E-state index < -0.39 is 21.9 Å². The molecule has 98 valence electrons. The highest BCUT2D eigenvalue weighted by Gasteiger charge is 2.15. The van der Waals surface area contributed by atoms with Crippen molar-refractivity contribution in [2.45, 2.75) is 6.54 Å². The molecule has 0 fully saturated rings. The molecule has 0 spiro atoms. The lowest BCUT2D eigenvalue weighted by Gasteiger charge is -2.06. The second kappa shape index (κ2) is 5.07. The molecule has 0 atom stereocenters. The number of rotatable bonds is 3. The Labute approximate surface area is 111 Å². The summed E-state index contributed by atoms with van der Waals surface area (Å²) in [6, 6.07) is 6.78. The molecule has 0 aliphatic heterocycles. The van der Waals surface area contributed by atoms with Gasteiger partial charge in [0.15, 0.2) is 0 Å². The number of hydrogen-bond donors (Lipinski definition) is 1. The van der Waals surface area contributed by atoms with Gasteiger partial charge in [0.2, 0.25) is 0 Å². The second-order valence-corrected chi connectivity index (χ2v) is 4.16. The van der Waals surface area contributed by atoms with E-state index in [1.54, 1.807) is 24.3 Å². The summed E-state index contributed by atoms with van der Waals surface area (Å²) in [6.45, 7) is 0.0378. The van der Waals surface area contributed by atoms with Gasteiger partial charge in [0.05, 0.1) is 17.7 Å². The zero-order valence-corrected chi connectivity index (χ0v) is 10.3. The number of halogens is 1. The van der Waals surface area contributed by atoms with Crippen LogP contribution in [0.15, 0.2) is 40.1 Å². The predicted molar refractivity (Wildman–Crippen MR) is 68.5 cm³/mol. The molecule has 1 aromatic heterocycles. The Hall–Kier alpha value is -2.41. The third-order valence-electron chi connectivity index (χ3n) is 2.49. The number of aromatic amines is 1. The number of aromatic nitrogens is 2. The summed E-state index contributed by atoms with van der Waals surface area (Å²) in [5.41, 5.74) is -1.82. The van der Waals surface area contributed by atoms with Crippen molar-refractivity contribution in [1.29, 1.82) is 0 Å². The molecule has 19 heavy (non-hydrogen) atoms. The summed E-state index contributed by atoms with van der Waals surface area (Å²) in [5, 5.41) is 11.1. The highest BCUT2D eigenvalue weighted by atomic mass is 35.5. The maximum atomic E-state index is 11.6. The molecule has 0 unspecified atom stereocenters. The van der Waals surface area contributed by atoms with Crippen LogP contribution >= 0.6 is 11.6 Å². The zero-order valence-electron chi connectivity index (χ0n) is 9.50. The van der Waals surface area contributed by atoms with Crippen molar-refractivity contribution >= 4 is 17.3 Å². The fraction of sp³-hybridized carbons (Fsp3) is 0.0909. The molecule has 8 heteroatoms. The summed E-state index contributed by atoms with van der Waals surface area (Å²) >= 11 is 5.94. The van der Waals surface area contributed by atoms with Gasteiger partial charge in [0.25, 0.3) is 0 Å². The first-order chi connectivity index (χ1) is 8.99. The molecular formula is C11H8ClN3O4. The Morgan fingerprint density at radius 3 is 2.63 bits per heavy atom. The van der Waals surface area contributed by atoms with Crippen LogP contribution in [0, 0.1) is 10.1 Å². The Morgan fingerprint density at radius 2 is 2.00 bits per heavy atom. The molecular weight excluding hydrogens is 274 g/mol. The summed E-state index contributed by atoms with van der Waals surface area (Å²) in [5.74, 6) is 0. The molecule has 0 radical (unpaired) electrons. The van der Waals surface area contributed by atoms with Crippen molar-refractivity contribution in [3.63, 3.8) is 0 Å². The topological polar surface area (TPSA) is 98.0 Å². The van der Waals surface area contributed by atoms with Crippen molar-refractivity contribution in [3.8, 4) is 0 Å². The minimum absolute atomic E-state index is 0.0378. The standard InChI is InChI=1S/C11H8ClN3O4/c12-8-4-2-1-3-7(8)5-14-6-9(15(18)19)10(16)13-11(14)17/h1-4,6H,5H2,(H,13,16,17). The molecule has 1 N–H and O–H groups in total. The average Bonchev–Trinajstić information content (AvgIpc) is 2.34. The number of nitrogens with zero attached hydrogens (tertiary/aromatic N) is 2. The van der Waals surface area contributed by atoms with Gasteiger partial charge in [-0.3, -0.25) is 24.5 Å². The Kier molecular flexibility index (Phi) is 3.48. The monoisotopic (exact) mass is 281 g/mol. The number of benzene rings is 1. The van der Waals surface area contributed by atoms with Crippen LogP contribution in [0.3, 0.4) is 0 Å². The van der Waals surface area contributed by atoms with Gasteiger partial charge in [-0.15, -0.1) is 0 Å². The van der Waals surface area contributed by atoms with Crippen LogP contribution in [0.2, 0.25) is 5.02 Å². The molecule has 0 aliphatic carbocycles. The van der Waals surface area contributed by atoms with E-state index >= 15 is 0 Å². The van der Waals surface area contributed by atoms with Gasteiger partial charge in [0, 0.05) is 5.02 Å². The van der Waals surface area contributed by atoms with Crippen molar-refractivity contribution in [2.75, 3.05) is 0 Å². The van der Waals surface area contributed by atoms with E-state index in [-0.39, 0.29) is 6.54 Å². The summed E-state index contributed by atoms with van der Waals surface area (Å²) < 4.78 is 1.03. The Morgan fingerprint density at radius 1 is 1.32 bits per heavy atom. The lowest BCUT2D eigenvalue weighted by atomic mass is 10.2. The van der Waals surface area contributed by atoms with Gasteiger partial charge in [-0.2, -0.15) is 0 Å². The maximum Gasteiger partial charge on any atom is 0.350 e. The molecule has 7 nitrogen and oxygen atoms in total. The van der Waals surface area contributed by atoms with Gasteiger partial charge in [0.1, 0.15) is 0 Å². The first-order valence-electron chi connectivity index (χ1n) is 5.20. The van der Waals surface area contributed by atoms with Crippen LogP contribution in [0.1, 0.15) is 5.56 Å². The quantitative estimate of drug-likeness (QED) is 0.674. The Balaban J connectivity index is 2.49. The second-order valence-electron chi connectivity index (χ2n) is 3.75. The number of nitro groups is 1. The Bertz CT molecular complexity index is 750. The minimum atomic E-state index is -1.02. The van der Waals surface area contributed by atoms with Crippen molar-refractivity contribution in [2.24, 2.45) is 0 Å². The highest BCUT2D eigenvalue weighted by molar-refractivity contribution is 6.31. The van der Waals surface area contributed by atoms with Crippen LogP contribution in [-0.4, -0.2) is 14.5 Å². The largest absolute Gasteiger partial charge is 0.350 e. The van der Waals surface area contributed by atoms with Crippen LogP contribution in [0.5, 0.6) is 0 Å². The van der Waals surface area contributed by atoms with E-state index in [0.717, 1.165) is 10.8 Å². The molecule has 1 aromatic carbocycles. The average molecular weight is 282 g/mol. The third kappa shape index (κ3) is 2.71. The van der Waals surface area contributed by atoms with Gasteiger partial charge in [-0.25, -0.2) is 4.79 Å². The SMILES string of the molecule is O=c1[nH]c(=O)n(Cc2ccccc2Cl)cc1[N+](=O)[O-]. The molecule has 0 saturated carbocycles. The van der Waals surface area contributed by atoms with Crippen molar-refractivity contribution in [3.05, 3.63) is 72.0 Å². The molecule has 0 bridgehead atoms. The third-order valence-corrected chi connectivity index (χ3v) is 2.86. The fourth-order valence-electron chi connectivity index (χ4n) is 1.56. The van der Waals surface area contributed by atoms with Gasteiger partial charge in [-0.1, -0.05) is 29.8 Å². The summed E-state index contributed by atoms with van der Waals surface area (Å²) in [7, 11) is 0. The van der Waals surface area contributed by atoms with Crippen LogP contribution in [0.4, 0.5) is 5.69 Å². The highest BCUT2D eigenvalue weighted by Crippen LogP contribution is 2.15. The maximum absolute atomic E-state index is 11.6. The zero-order chi connectivity index (χ0) is 14.0. The van der Waals surface area contributed by atoms with E-state index in [1.807, 2.05) is 4.98 Å². The number of hydrogen-bond acceptors (Lipinski definition) is 4. The first-order valence-corrected chi connectivity index (χ1v) is 5.58. The van der Waals surface area contributed by atoms with Crippen LogP contribution in [-0.2, 0) is 6.54 Å². The van der Waals surface area contributed by atoms with Crippen molar-refractivity contribution in [1.82, 2.24) is 9.55 Å². The van der Waals surface area contributed by atoms with Gasteiger partial charge >= 0.3 is 16.9 Å². The summed E-state index contributed by atoms with van der Waals surface area (Å²) in [4.78, 5) is 34.5. The summed E-state index contributed by atoms with van der Waals surface area (Å²) in [6.07, 6.45) is 0.907. The molecule has 1 heterocycles. The lowest BCUT2D eigenvalue weighted by molar-refractivity contribution is -0.386. The first kappa shape index (κ1) is 13.0. The molecule has 2 rings (SSSR count). The van der Waals surface area contributed by atoms with Gasteiger partial charge in [-0.05, 0) is 11.6 Å². The fourth-order valence-corrected chi connectivity index (χ4v) is 1.75. The van der Waals surface area contributed by atoms with Crippen LogP contribution in [0.25, 0.3) is 0 Å². The van der Waals surface area contributed by atoms with Gasteiger partial charge < -0.3 is 0 Å². The molecule has 0 aliphatic rings. The predicted octanol–water partition coefficient (Wildman–Crippen LogP) is 1.15. The van der Waals surface area contributed by atoms with E-state index in [4.69, 9.17) is 11.6 Å². The van der Waals surface area contributed by atoms with E-state index in [2.05, 4.69) is 0 Å². The normalized spacial score (nSPS) is 10.4. The lowest BCUT2D eigenvalue weighted by Crippen LogP contribution is -2.31. The number of H-pyrrole nitrogens is 1. The van der Waals surface area contributed by atoms with Crippen molar-refractivity contribution < 1.29 is 4.92 Å². The minimum Gasteiger partial charge on any atom is -0.289 e. The van der Waals surface area contributed by atoms with Crippen LogP contribution < -0.4 is 11.2 Å². The van der Waals surface area contributed by atoms with E-state index in [1.165, 1.54) is 0 Å². The van der Waals surface area contributed by atoms with E-state index in [9.17, 15) is 19.7 Å².